The van der Waals surface area contributed by atoms with Crippen LogP contribution in [0, 0.1) is 0 Å². The van der Waals surface area contributed by atoms with Crippen LogP contribution in [0.15, 0.2) is 18.2 Å². The molecule has 0 atom stereocenters. The molecule has 0 amide bonds. The Morgan fingerprint density at radius 1 is 1.24 bits per heavy atom. The van der Waals surface area contributed by atoms with Crippen LogP contribution >= 0.6 is 11.6 Å². The number of aliphatic hydroxyl groups excluding tert-OH is 1. The number of β-amino-alcohol motifs (C(OH)–C–C–N with tert-alkyl or cyclic N) is 1. The molecule has 1 aromatic rings. The van der Waals surface area contributed by atoms with Gasteiger partial charge in [0.15, 0.2) is 0 Å². The third kappa shape index (κ3) is 4.85. The molecule has 1 saturated heterocycles. The molecule has 21 heavy (non-hydrogen) atoms. The predicted octanol–water partition coefficient (Wildman–Crippen LogP) is 1.95. The normalized spacial score (nSPS) is 17.0. The van der Waals surface area contributed by atoms with Crippen molar-refractivity contribution in [2.75, 3.05) is 50.8 Å². The first-order valence-corrected chi connectivity index (χ1v) is 8.19. The van der Waals surface area contributed by atoms with Crippen LogP contribution in [0.3, 0.4) is 0 Å². The lowest BCUT2D eigenvalue weighted by atomic mass is 10.2. The second-order valence-corrected chi connectivity index (χ2v) is 5.87. The van der Waals surface area contributed by atoms with Gasteiger partial charge in [0.25, 0.3) is 0 Å². The fourth-order valence-electron chi connectivity index (χ4n) is 2.73. The summed E-state index contributed by atoms with van der Waals surface area (Å²) in [7, 11) is 0. The highest BCUT2D eigenvalue weighted by Gasteiger charge is 2.15. The van der Waals surface area contributed by atoms with Gasteiger partial charge in [-0.1, -0.05) is 24.6 Å². The van der Waals surface area contributed by atoms with Crippen molar-refractivity contribution in [1.29, 1.82) is 0 Å². The molecule has 2 N–H and O–H groups in total. The molecule has 4 nitrogen and oxygen atoms in total. The molecule has 118 valence electrons. The minimum atomic E-state index is 0.241. The van der Waals surface area contributed by atoms with Gasteiger partial charge in [0.05, 0.1) is 6.61 Å². The zero-order valence-electron chi connectivity index (χ0n) is 12.8. The summed E-state index contributed by atoms with van der Waals surface area (Å²) < 4.78 is 0. The number of benzene rings is 1. The van der Waals surface area contributed by atoms with E-state index in [-0.39, 0.29) is 6.61 Å². The summed E-state index contributed by atoms with van der Waals surface area (Å²) in [4.78, 5) is 4.71. The van der Waals surface area contributed by atoms with Gasteiger partial charge in [-0.3, -0.25) is 4.90 Å². The van der Waals surface area contributed by atoms with E-state index < -0.39 is 0 Å². The number of aliphatic hydroxyl groups is 1. The summed E-state index contributed by atoms with van der Waals surface area (Å²) >= 11 is 6.39. The standard InChI is InChI=1S/C16H26ClN3O/c1-2-18-13-14-4-5-15(12-16(14)17)20-7-3-6-19(8-9-20)10-11-21/h4-5,12,18,21H,2-3,6-11,13H2,1H3. The largest absolute Gasteiger partial charge is 0.395 e. The molecule has 1 aliphatic heterocycles. The van der Waals surface area contributed by atoms with Gasteiger partial charge in [-0.05, 0) is 37.2 Å². The van der Waals surface area contributed by atoms with E-state index in [1.165, 1.54) is 5.69 Å². The van der Waals surface area contributed by atoms with E-state index in [9.17, 15) is 0 Å². The number of nitrogens with zero attached hydrogens (tertiary/aromatic N) is 2. The first-order chi connectivity index (χ1) is 10.2. The van der Waals surface area contributed by atoms with Gasteiger partial charge in [0.1, 0.15) is 0 Å². The van der Waals surface area contributed by atoms with Crippen LogP contribution in [-0.4, -0.2) is 55.9 Å². The Hall–Kier alpha value is -0.810. The summed E-state index contributed by atoms with van der Waals surface area (Å²) in [6.07, 6.45) is 1.12. The van der Waals surface area contributed by atoms with E-state index in [0.29, 0.717) is 0 Å². The van der Waals surface area contributed by atoms with Gasteiger partial charge in [-0.2, -0.15) is 0 Å². The maximum absolute atomic E-state index is 9.05. The summed E-state index contributed by atoms with van der Waals surface area (Å²) in [5.74, 6) is 0. The van der Waals surface area contributed by atoms with E-state index >= 15 is 0 Å². The Balaban J connectivity index is 1.99. The van der Waals surface area contributed by atoms with Gasteiger partial charge in [-0.15, -0.1) is 0 Å². The lowest BCUT2D eigenvalue weighted by molar-refractivity contribution is 0.204. The number of rotatable bonds is 6. The molecule has 0 saturated carbocycles. The number of hydrogen-bond acceptors (Lipinski definition) is 4. The molecular formula is C16H26ClN3O. The third-order valence-electron chi connectivity index (χ3n) is 3.97. The van der Waals surface area contributed by atoms with Crippen molar-refractivity contribution in [3.63, 3.8) is 0 Å². The maximum atomic E-state index is 9.05. The molecule has 0 aliphatic carbocycles. The summed E-state index contributed by atoms with van der Waals surface area (Å²) in [6.45, 7) is 8.97. The van der Waals surface area contributed by atoms with Crippen LogP contribution in [-0.2, 0) is 6.54 Å². The van der Waals surface area contributed by atoms with E-state index in [4.69, 9.17) is 16.7 Å². The minimum Gasteiger partial charge on any atom is -0.395 e. The third-order valence-corrected chi connectivity index (χ3v) is 4.32. The SMILES string of the molecule is CCNCc1ccc(N2CCCN(CCO)CC2)cc1Cl. The molecule has 0 spiro atoms. The minimum absolute atomic E-state index is 0.241. The van der Waals surface area contributed by atoms with Crippen LogP contribution < -0.4 is 10.2 Å². The molecule has 1 aromatic carbocycles. The van der Waals surface area contributed by atoms with Gasteiger partial charge in [0, 0.05) is 43.4 Å². The molecule has 0 bridgehead atoms. The Morgan fingerprint density at radius 2 is 2.10 bits per heavy atom. The smallest absolute Gasteiger partial charge is 0.0558 e. The highest BCUT2D eigenvalue weighted by Crippen LogP contribution is 2.24. The maximum Gasteiger partial charge on any atom is 0.0558 e. The molecule has 0 unspecified atom stereocenters. The number of anilines is 1. The Kier molecular flexibility index (Phi) is 6.77. The zero-order chi connectivity index (χ0) is 15.1. The fourth-order valence-corrected chi connectivity index (χ4v) is 2.97. The predicted molar refractivity (Wildman–Crippen MR) is 89.2 cm³/mol. The highest BCUT2D eigenvalue weighted by atomic mass is 35.5. The second kappa shape index (κ2) is 8.59. The molecule has 1 aliphatic rings. The molecule has 1 fully saturated rings. The molecule has 2 rings (SSSR count). The first kappa shape index (κ1) is 16.6. The van der Waals surface area contributed by atoms with Crippen molar-refractivity contribution < 1.29 is 5.11 Å². The van der Waals surface area contributed by atoms with Crippen molar-refractivity contribution in [1.82, 2.24) is 10.2 Å². The van der Waals surface area contributed by atoms with Crippen LogP contribution in [0.1, 0.15) is 18.9 Å². The summed E-state index contributed by atoms with van der Waals surface area (Å²) in [6, 6.07) is 6.37. The van der Waals surface area contributed by atoms with Gasteiger partial charge >= 0.3 is 0 Å². The van der Waals surface area contributed by atoms with Gasteiger partial charge in [-0.25, -0.2) is 0 Å². The van der Waals surface area contributed by atoms with Crippen molar-refractivity contribution in [3.05, 3.63) is 28.8 Å². The second-order valence-electron chi connectivity index (χ2n) is 5.46. The van der Waals surface area contributed by atoms with E-state index in [1.807, 2.05) is 0 Å². The number of hydrogen-bond donors (Lipinski definition) is 2. The average Bonchev–Trinajstić information content (AvgIpc) is 2.72. The Morgan fingerprint density at radius 3 is 2.81 bits per heavy atom. The van der Waals surface area contributed by atoms with Crippen molar-refractivity contribution >= 4 is 17.3 Å². The van der Waals surface area contributed by atoms with Crippen LogP contribution in [0.2, 0.25) is 5.02 Å². The quantitative estimate of drug-likeness (QED) is 0.842. The molecule has 5 heteroatoms. The van der Waals surface area contributed by atoms with Crippen molar-refractivity contribution in [3.8, 4) is 0 Å². The summed E-state index contributed by atoms with van der Waals surface area (Å²) in [5, 5.41) is 13.2. The van der Waals surface area contributed by atoms with Crippen LogP contribution in [0.4, 0.5) is 5.69 Å². The Labute approximate surface area is 132 Å². The fraction of sp³-hybridized carbons (Fsp3) is 0.625. The average molecular weight is 312 g/mol. The molecule has 1 heterocycles. The van der Waals surface area contributed by atoms with E-state index in [1.54, 1.807) is 0 Å². The lowest BCUT2D eigenvalue weighted by Crippen LogP contribution is -2.32. The highest BCUT2D eigenvalue weighted by molar-refractivity contribution is 6.31. The topological polar surface area (TPSA) is 38.7 Å². The monoisotopic (exact) mass is 311 g/mol. The number of halogens is 1. The van der Waals surface area contributed by atoms with Crippen LogP contribution in [0.25, 0.3) is 0 Å². The molecule has 0 radical (unpaired) electrons. The van der Waals surface area contributed by atoms with E-state index in [0.717, 1.165) is 62.8 Å². The van der Waals surface area contributed by atoms with Crippen LogP contribution in [0.5, 0.6) is 0 Å². The Bertz CT molecular complexity index is 442. The van der Waals surface area contributed by atoms with Gasteiger partial charge in [0.2, 0.25) is 0 Å². The van der Waals surface area contributed by atoms with Gasteiger partial charge < -0.3 is 15.3 Å². The molecule has 0 aromatic heterocycles. The number of nitrogens with one attached hydrogen (secondary N) is 1. The summed E-state index contributed by atoms with van der Waals surface area (Å²) in [5.41, 5.74) is 2.35. The first-order valence-electron chi connectivity index (χ1n) is 7.82. The van der Waals surface area contributed by atoms with E-state index in [2.05, 4.69) is 40.2 Å². The van der Waals surface area contributed by atoms with Crippen molar-refractivity contribution in [2.24, 2.45) is 0 Å². The van der Waals surface area contributed by atoms with Crippen molar-refractivity contribution in [2.45, 2.75) is 19.9 Å². The molecular weight excluding hydrogens is 286 g/mol. The lowest BCUT2D eigenvalue weighted by Gasteiger charge is -2.24. The zero-order valence-corrected chi connectivity index (χ0v) is 13.6.